The summed E-state index contributed by atoms with van der Waals surface area (Å²) in [5.74, 6) is -0.0284. The second kappa shape index (κ2) is 7.25. The average molecular weight is 350 g/mol. The number of nitrogens with zero attached hydrogens (tertiary/aromatic N) is 3. The Balaban J connectivity index is 1.61. The van der Waals surface area contributed by atoms with Crippen molar-refractivity contribution in [1.82, 2.24) is 20.1 Å². The summed E-state index contributed by atoms with van der Waals surface area (Å²) in [5.41, 5.74) is 3.23. The predicted molar refractivity (Wildman–Crippen MR) is 98.8 cm³/mol. The van der Waals surface area contributed by atoms with Gasteiger partial charge >= 0.3 is 0 Å². The van der Waals surface area contributed by atoms with E-state index < -0.39 is 0 Å². The maximum Gasteiger partial charge on any atom is 0.255 e. The topological polar surface area (TPSA) is 71.1 Å². The molecule has 3 aromatic rings. The molecule has 134 valence electrons. The Labute approximate surface area is 152 Å². The van der Waals surface area contributed by atoms with Crippen LogP contribution in [0.5, 0.6) is 0 Å². The zero-order chi connectivity index (χ0) is 17.9. The van der Waals surface area contributed by atoms with Crippen molar-refractivity contribution in [2.75, 3.05) is 13.2 Å². The highest BCUT2D eigenvalue weighted by molar-refractivity contribution is 5.97. The fourth-order valence-corrected chi connectivity index (χ4v) is 3.38. The minimum absolute atomic E-state index is 0.0284. The van der Waals surface area contributed by atoms with Gasteiger partial charge in [0.05, 0.1) is 11.7 Å². The number of amides is 1. The highest BCUT2D eigenvalue weighted by Crippen LogP contribution is 2.19. The lowest BCUT2D eigenvalue weighted by Crippen LogP contribution is -2.37. The molecule has 0 radical (unpaired) electrons. The van der Waals surface area contributed by atoms with Crippen LogP contribution in [0, 0.1) is 6.92 Å². The molecule has 1 saturated heterocycles. The molecular weight excluding hydrogens is 328 g/mol. The Morgan fingerprint density at radius 3 is 2.96 bits per heavy atom. The highest BCUT2D eigenvalue weighted by Gasteiger charge is 2.24. The van der Waals surface area contributed by atoms with Gasteiger partial charge in [0.25, 0.3) is 5.91 Å². The lowest BCUT2D eigenvalue weighted by Gasteiger charge is -2.25. The maximum atomic E-state index is 13.2. The molecule has 6 heteroatoms. The molecule has 4 rings (SSSR count). The second-order valence-corrected chi connectivity index (χ2v) is 6.75. The van der Waals surface area contributed by atoms with E-state index in [-0.39, 0.29) is 12.0 Å². The van der Waals surface area contributed by atoms with Crippen LogP contribution in [0.3, 0.4) is 0 Å². The lowest BCUT2D eigenvalue weighted by molar-refractivity contribution is 0.0507. The number of benzene rings is 1. The first-order valence-electron chi connectivity index (χ1n) is 8.96. The molecule has 0 bridgehead atoms. The Hall–Kier alpha value is -2.73. The van der Waals surface area contributed by atoms with Crippen LogP contribution in [-0.2, 0) is 11.3 Å². The van der Waals surface area contributed by atoms with E-state index in [1.807, 2.05) is 48.2 Å². The van der Waals surface area contributed by atoms with Crippen molar-refractivity contribution in [2.45, 2.75) is 32.4 Å². The van der Waals surface area contributed by atoms with E-state index in [0.29, 0.717) is 24.3 Å². The molecule has 3 heterocycles. The minimum atomic E-state index is -0.0284. The Kier molecular flexibility index (Phi) is 4.67. The van der Waals surface area contributed by atoms with E-state index in [0.717, 1.165) is 36.1 Å². The quantitative estimate of drug-likeness (QED) is 0.768. The van der Waals surface area contributed by atoms with Gasteiger partial charge in [0.2, 0.25) is 0 Å². The number of carbonyl (C=O) groups is 1. The van der Waals surface area contributed by atoms with E-state index in [2.05, 4.69) is 15.2 Å². The highest BCUT2D eigenvalue weighted by atomic mass is 16.5. The number of aromatic nitrogens is 3. The van der Waals surface area contributed by atoms with E-state index in [1.54, 1.807) is 6.20 Å². The molecule has 1 N–H and O–H groups in total. The number of hydrogen-bond acceptors (Lipinski definition) is 4. The van der Waals surface area contributed by atoms with Crippen molar-refractivity contribution < 1.29 is 9.53 Å². The molecule has 6 nitrogen and oxygen atoms in total. The van der Waals surface area contributed by atoms with Crippen LogP contribution in [0.4, 0.5) is 0 Å². The molecule has 1 aliphatic rings. The Bertz CT molecular complexity index is 901. The number of aromatic amines is 1. The summed E-state index contributed by atoms with van der Waals surface area (Å²) in [6.45, 7) is 3.86. The number of carbonyl (C=O) groups excluding carboxylic acids is 1. The van der Waals surface area contributed by atoms with Crippen LogP contribution in [0.25, 0.3) is 11.0 Å². The van der Waals surface area contributed by atoms with Crippen LogP contribution in [0.15, 0.2) is 42.6 Å². The molecule has 1 aromatic carbocycles. The average Bonchev–Trinajstić information content (AvgIpc) is 3.31. The van der Waals surface area contributed by atoms with E-state index in [9.17, 15) is 4.79 Å². The van der Waals surface area contributed by atoms with Crippen molar-refractivity contribution in [1.29, 1.82) is 0 Å². The third kappa shape index (κ3) is 3.46. The van der Waals surface area contributed by atoms with Crippen LogP contribution < -0.4 is 0 Å². The monoisotopic (exact) mass is 350 g/mol. The first-order chi connectivity index (χ1) is 12.7. The van der Waals surface area contributed by atoms with Gasteiger partial charge in [-0.3, -0.25) is 9.89 Å². The van der Waals surface area contributed by atoms with Gasteiger partial charge in [0.1, 0.15) is 0 Å². The number of hydrogen-bond donors (Lipinski definition) is 1. The van der Waals surface area contributed by atoms with E-state index in [1.165, 1.54) is 0 Å². The summed E-state index contributed by atoms with van der Waals surface area (Å²) in [7, 11) is 0. The fraction of sp³-hybridized carbons (Fsp3) is 0.350. The summed E-state index contributed by atoms with van der Waals surface area (Å²) in [6.07, 6.45) is 3.77. The van der Waals surface area contributed by atoms with Crippen LogP contribution in [0.1, 0.15) is 34.5 Å². The number of fused-ring (bicyclic) bond motifs is 1. The summed E-state index contributed by atoms with van der Waals surface area (Å²) < 4.78 is 5.76. The predicted octanol–water partition coefficient (Wildman–Crippen LogP) is 3.09. The number of rotatable bonds is 5. The molecule has 0 saturated carbocycles. The molecule has 0 aliphatic carbocycles. The van der Waals surface area contributed by atoms with Gasteiger partial charge in [0.15, 0.2) is 5.65 Å². The van der Waals surface area contributed by atoms with Crippen molar-refractivity contribution in [3.05, 3.63) is 59.4 Å². The molecule has 26 heavy (non-hydrogen) atoms. The molecule has 2 aromatic heterocycles. The first kappa shape index (κ1) is 16.7. The number of pyridine rings is 1. The van der Waals surface area contributed by atoms with Gasteiger partial charge in [-0.2, -0.15) is 5.10 Å². The molecule has 1 unspecified atom stereocenters. The minimum Gasteiger partial charge on any atom is -0.376 e. The van der Waals surface area contributed by atoms with Crippen molar-refractivity contribution in [3.8, 4) is 0 Å². The van der Waals surface area contributed by atoms with Gasteiger partial charge in [0, 0.05) is 37.0 Å². The zero-order valence-electron chi connectivity index (χ0n) is 14.8. The molecule has 1 atom stereocenters. The number of H-pyrrole nitrogens is 1. The smallest absolute Gasteiger partial charge is 0.255 e. The first-order valence-corrected chi connectivity index (χ1v) is 8.96. The second-order valence-electron chi connectivity index (χ2n) is 6.75. The van der Waals surface area contributed by atoms with Crippen molar-refractivity contribution >= 4 is 16.9 Å². The third-order valence-corrected chi connectivity index (χ3v) is 4.80. The van der Waals surface area contributed by atoms with Gasteiger partial charge in [-0.25, -0.2) is 4.98 Å². The number of ether oxygens (including phenoxy) is 1. The van der Waals surface area contributed by atoms with E-state index in [4.69, 9.17) is 4.74 Å². The Morgan fingerprint density at radius 2 is 2.19 bits per heavy atom. The normalized spacial score (nSPS) is 16.9. The van der Waals surface area contributed by atoms with Gasteiger partial charge in [-0.05, 0) is 31.4 Å². The molecule has 1 aliphatic heterocycles. The third-order valence-electron chi connectivity index (χ3n) is 4.80. The SMILES string of the molecule is Cc1[nH]nc2ncc(C(=O)N(Cc3ccccc3)CC3CCCO3)cc12. The molecule has 1 fully saturated rings. The summed E-state index contributed by atoms with van der Waals surface area (Å²) in [4.78, 5) is 19.4. The van der Waals surface area contributed by atoms with Gasteiger partial charge in [-0.15, -0.1) is 0 Å². The lowest BCUT2D eigenvalue weighted by atomic mass is 10.1. The largest absolute Gasteiger partial charge is 0.376 e. The van der Waals surface area contributed by atoms with Crippen molar-refractivity contribution in [2.24, 2.45) is 0 Å². The summed E-state index contributed by atoms with van der Waals surface area (Å²) in [6, 6.07) is 11.9. The van der Waals surface area contributed by atoms with Gasteiger partial charge in [-0.1, -0.05) is 30.3 Å². The zero-order valence-corrected chi connectivity index (χ0v) is 14.8. The van der Waals surface area contributed by atoms with E-state index >= 15 is 0 Å². The van der Waals surface area contributed by atoms with Crippen LogP contribution in [0.2, 0.25) is 0 Å². The van der Waals surface area contributed by atoms with Crippen LogP contribution in [-0.4, -0.2) is 45.2 Å². The Morgan fingerprint density at radius 1 is 1.35 bits per heavy atom. The van der Waals surface area contributed by atoms with Gasteiger partial charge < -0.3 is 9.64 Å². The van der Waals surface area contributed by atoms with Crippen LogP contribution >= 0.6 is 0 Å². The molecule has 0 spiro atoms. The fourth-order valence-electron chi connectivity index (χ4n) is 3.38. The molecular formula is C20H22N4O2. The van der Waals surface area contributed by atoms with Crippen molar-refractivity contribution in [3.63, 3.8) is 0 Å². The molecule has 1 amide bonds. The number of aryl methyl sites for hydroxylation is 1. The number of nitrogens with one attached hydrogen (secondary N) is 1. The maximum absolute atomic E-state index is 13.2. The summed E-state index contributed by atoms with van der Waals surface area (Å²) in [5, 5.41) is 7.93. The summed E-state index contributed by atoms with van der Waals surface area (Å²) >= 11 is 0. The standard InChI is InChI=1S/C20H22N4O2/c1-14-18-10-16(11-21-19(18)23-22-14)20(25)24(13-17-8-5-9-26-17)12-15-6-3-2-4-7-15/h2-4,6-7,10-11,17H,5,8-9,12-13H2,1H3,(H,21,22,23).